The van der Waals surface area contributed by atoms with Gasteiger partial charge in [-0.15, -0.1) is 0 Å². The molecule has 2 N–H and O–H groups in total. The molecule has 0 heterocycles. The van der Waals surface area contributed by atoms with E-state index < -0.39 is 10.0 Å². The maximum atomic E-state index is 12.6. The van der Waals surface area contributed by atoms with Gasteiger partial charge < -0.3 is 5.32 Å². The first-order valence-electron chi connectivity index (χ1n) is 7.82. The van der Waals surface area contributed by atoms with Gasteiger partial charge in [0.2, 0.25) is 0 Å². The number of hydrogen-bond acceptors (Lipinski definition) is 3. The lowest BCUT2D eigenvalue weighted by Gasteiger charge is -2.12. The van der Waals surface area contributed by atoms with Gasteiger partial charge in [0, 0.05) is 17.8 Å². The lowest BCUT2D eigenvalue weighted by Crippen LogP contribution is -2.24. The number of sulfonamides is 1. The molecule has 24 heavy (non-hydrogen) atoms. The normalized spacial score (nSPS) is 11.1. The van der Waals surface area contributed by atoms with Gasteiger partial charge in [-0.25, -0.2) is 8.42 Å². The van der Waals surface area contributed by atoms with E-state index in [9.17, 15) is 13.2 Å². The Morgan fingerprint density at radius 3 is 2.54 bits per heavy atom. The molecule has 0 unspecified atom stereocenters. The van der Waals surface area contributed by atoms with Crippen molar-refractivity contribution in [1.29, 1.82) is 0 Å². The zero-order chi connectivity index (χ0) is 17.7. The van der Waals surface area contributed by atoms with Crippen LogP contribution in [0.3, 0.4) is 0 Å². The smallest absolute Gasteiger partial charge is 0.262 e. The zero-order valence-electron chi connectivity index (χ0n) is 14.1. The summed E-state index contributed by atoms with van der Waals surface area (Å²) in [7, 11) is -3.71. The van der Waals surface area contributed by atoms with Crippen molar-refractivity contribution in [1.82, 2.24) is 5.32 Å². The number of amides is 1. The molecule has 6 heteroatoms. The Bertz CT molecular complexity index is 845. The van der Waals surface area contributed by atoms with E-state index in [1.165, 1.54) is 6.07 Å². The number of carbonyl (C=O) groups excluding carboxylic acids is 1. The number of nitrogens with one attached hydrogen (secondary N) is 2. The van der Waals surface area contributed by atoms with E-state index >= 15 is 0 Å². The third-order valence-corrected chi connectivity index (χ3v) is 5.07. The maximum Gasteiger partial charge on any atom is 0.262 e. The molecule has 0 aromatic heterocycles. The summed E-state index contributed by atoms with van der Waals surface area (Å²) in [5.41, 5.74) is 2.32. The summed E-state index contributed by atoms with van der Waals surface area (Å²) in [6, 6.07) is 11.7. The maximum absolute atomic E-state index is 12.6. The fraction of sp³-hybridized carbons (Fsp3) is 0.278. The topological polar surface area (TPSA) is 75.3 Å². The second-order valence-corrected chi connectivity index (χ2v) is 7.36. The van der Waals surface area contributed by atoms with Crippen molar-refractivity contribution in [2.75, 3.05) is 11.3 Å². The van der Waals surface area contributed by atoms with Crippen molar-refractivity contribution in [2.24, 2.45) is 0 Å². The highest BCUT2D eigenvalue weighted by Gasteiger charge is 2.17. The van der Waals surface area contributed by atoms with E-state index in [1.807, 2.05) is 19.9 Å². The van der Waals surface area contributed by atoms with Gasteiger partial charge in [0.05, 0.1) is 4.90 Å². The first-order chi connectivity index (χ1) is 11.3. The Kier molecular flexibility index (Phi) is 5.62. The summed E-state index contributed by atoms with van der Waals surface area (Å²) in [5.74, 6) is -0.218. The van der Waals surface area contributed by atoms with Crippen LogP contribution in [0.25, 0.3) is 0 Å². The Morgan fingerprint density at radius 1 is 1.08 bits per heavy atom. The van der Waals surface area contributed by atoms with E-state index in [1.54, 1.807) is 37.3 Å². The first-order valence-corrected chi connectivity index (χ1v) is 9.30. The molecule has 128 valence electrons. The van der Waals surface area contributed by atoms with Gasteiger partial charge in [0.1, 0.15) is 0 Å². The fourth-order valence-corrected chi connectivity index (χ4v) is 3.65. The molecule has 0 spiro atoms. The summed E-state index contributed by atoms with van der Waals surface area (Å²) in [5, 5.41) is 2.77. The minimum Gasteiger partial charge on any atom is -0.352 e. The van der Waals surface area contributed by atoms with Crippen LogP contribution in [0.1, 0.15) is 34.8 Å². The molecule has 5 nitrogen and oxygen atoms in total. The predicted molar refractivity (Wildman–Crippen MR) is 95.8 cm³/mol. The summed E-state index contributed by atoms with van der Waals surface area (Å²) in [4.78, 5) is 12.2. The van der Waals surface area contributed by atoms with Gasteiger partial charge in [0.15, 0.2) is 0 Å². The summed E-state index contributed by atoms with van der Waals surface area (Å²) >= 11 is 0. The van der Waals surface area contributed by atoms with Crippen LogP contribution in [0.4, 0.5) is 5.69 Å². The van der Waals surface area contributed by atoms with E-state index in [-0.39, 0.29) is 10.8 Å². The fourth-order valence-electron chi connectivity index (χ4n) is 2.27. The molecule has 0 saturated heterocycles. The molecule has 1 amide bonds. The average molecular weight is 346 g/mol. The highest BCUT2D eigenvalue weighted by molar-refractivity contribution is 7.92. The quantitative estimate of drug-likeness (QED) is 0.843. The molecule has 0 bridgehead atoms. The highest BCUT2D eigenvalue weighted by Crippen LogP contribution is 2.21. The van der Waals surface area contributed by atoms with Crippen LogP contribution in [-0.2, 0) is 10.0 Å². The van der Waals surface area contributed by atoms with Gasteiger partial charge in [-0.1, -0.05) is 25.1 Å². The highest BCUT2D eigenvalue weighted by atomic mass is 32.2. The zero-order valence-corrected chi connectivity index (χ0v) is 14.9. The molecule has 0 saturated carbocycles. The number of aryl methyl sites for hydroxylation is 2. The van der Waals surface area contributed by atoms with Crippen LogP contribution in [0.15, 0.2) is 47.4 Å². The largest absolute Gasteiger partial charge is 0.352 e. The Balaban J connectivity index is 2.27. The lowest BCUT2D eigenvalue weighted by molar-refractivity contribution is 0.0953. The Labute approximate surface area is 143 Å². The van der Waals surface area contributed by atoms with Crippen LogP contribution in [0.5, 0.6) is 0 Å². The van der Waals surface area contributed by atoms with Gasteiger partial charge in [0.25, 0.3) is 15.9 Å². The Hall–Kier alpha value is -2.34. The Morgan fingerprint density at radius 2 is 1.83 bits per heavy atom. The molecule has 0 aliphatic carbocycles. The first kappa shape index (κ1) is 18.0. The molecule has 2 rings (SSSR count). The van der Waals surface area contributed by atoms with Gasteiger partial charge in [-0.3, -0.25) is 9.52 Å². The van der Waals surface area contributed by atoms with Crippen LogP contribution in [0.2, 0.25) is 0 Å². The predicted octanol–water partition coefficient (Wildman–Crippen LogP) is 3.24. The molecule has 0 aliphatic rings. The number of hydrogen-bond donors (Lipinski definition) is 2. The minimum atomic E-state index is -3.71. The van der Waals surface area contributed by atoms with E-state index in [0.29, 0.717) is 23.4 Å². The summed E-state index contributed by atoms with van der Waals surface area (Å²) in [6.07, 6.45) is 0.838. The monoisotopic (exact) mass is 346 g/mol. The van der Waals surface area contributed by atoms with Crippen molar-refractivity contribution in [3.05, 3.63) is 59.2 Å². The molecule has 0 aliphatic heterocycles. The molecule has 0 fully saturated rings. The van der Waals surface area contributed by atoms with Gasteiger partial charge >= 0.3 is 0 Å². The van der Waals surface area contributed by atoms with Crippen LogP contribution in [0, 0.1) is 13.8 Å². The summed E-state index contributed by atoms with van der Waals surface area (Å²) in [6.45, 7) is 6.14. The van der Waals surface area contributed by atoms with Crippen molar-refractivity contribution < 1.29 is 13.2 Å². The van der Waals surface area contributed by atoms with Crippen molar-refractivity contribution in [3.8, 4) is 0 Å². The number of rotatable bonds is 6. The standard InChI is InChI=1S/C18H22N2O3S/c1-4-10-19-18(21)15-6-5-7-16(12-15)20-24(22,23)17-11-13(2)8-9-14(17)3/h5-9,11-12,20H,4,10H2,1-3H3,(H,19,21). The third-order valence-electron chi connectivity index (χ3n) is 3.55. The second kappa shape index (κ2) is 7.49. The van der Waals surface area contributed by atoms with Crippen molar-refractivity contribution in [2.45, 2.75) is 32.1 Å². The second-order valence-electron chi connectivity index (χ2n) is 5.71. The van der Waals surface area contributed by atoms with E-state index in [4.69, 9.17) is 0 Å². The molecular formula is C18H22N2O3S. The molecule has 0 atom stereocenters. The van der Waals surface area contributed by atoms with Gasteiger partial charge in [-0.05, 0) is 55.7 Å². The van der Waals surface area contributed by atoms with Crippen LogP contribution < -0.4 is 10.0 Å². The third kappa shape index (κ3) is 4.35. The summed E-state index contributed by atoms with van der Waals surface area (Å²) < 4.78 is 27.8. The van der Waals surface area contributed by atoms with Crippen molar-refractivity contribution in [3.63, 3.8) is 0 Å². The molecule has 2 aromatic carbocycles. The van der Waals surface area contributed by atoms with Crippen LogP contribution >= 0.6 is 0 Å². The van der Waals surface area contributed by atoms with Crippen LogP contribution in [-0.4, -0.2) is 20.9 Å². The van der Waals surface area contributed by atoms with E-state index in [0.717, 1.165) is 12.0 Å². The molecular weight excluding hydrogens is 324 g/mol. The number of benzene rings is 2. The number of anilines is 1. The van der Waals surface area contributed by atoms with Crippen molar-refractivity contribution >= 4 is 21.6 Å². The minimum absolute atomic E-state index is 0.218. The number of carbonyl (C=O) groups is 1. The molecule has 2 aromatic rings. The molecule has 0 radical (unpaired) electrons. The van der Waals surface area contributed by atoms with E-state index in [2.05, 4.69) is 10.0 Å². The van der Waals surface area contributed by atoms with Gasteiger partial charge in [-0.2, -0.15) is 0 Å². The lowest BCUT2D eigenvalue weighted by atomic mass is 10.2. The SMILES string of the molecule is CCCNC(=O)c1cccc(NS(=O)(=O)c2cc(C)ccc2C)c1. The average Bonchev–Trinajstić information content (AvgIpc) is 2.54.